The summed E-state index contributed by atoms with van der Waals surface area (Å²) in [5.74, 6) is 0.806. The molecule has 0 amide bonds. The highest BCUT2D eigenvalue weighted by Gasteiger charge is 2.47. The minimum absolute atomic E-state index is 0.00133. The van der Waals surface area contributed by atoms with Crippen LogP contribution in [0.1, 0.15) is 62.5 Å². The van der Waals surface area contributed by atoms with Crippen LogP contribution in [0.15, 0.2) is 41.6 Å². The van der Waals surface area contributed by atoms with Gasteiger partial charge < -0.3 is 4.74 Å². The van der Waals surface area contributed by atoms with Crippen molar-refractivity contribution >= 4 is 31.6 Å². The number of pyridine rings is 1. The Bertz CT molecular complexity index is 1360. The van der Waals surface area contributed by atoms with E-state index in [4.69, 9.17) is 16.3 Å². The third kappa shape index (κ3) is 5.61. The molecule has 5 rings (SSSR count). The van der Waals surface area contributed by atoms with Crippen molar-refractivity contribution in [2.45, 2.75) is 94.3 Å². The molecule has 4 atom stereocenters. The quantitative estimate of drug-likeness (QED) is 0.426. The van der Waals surface area contributed by atoms with Crippen LogP contribution in [-0.2, 0) is 20.0 Å². The molecule has 3 saturated heterocycles. The number of nitrogens with zero attached hydrogens (tertiary/aromatic N) is 3. The summed E-state index contributed by atoms with van der Waals surface area (Å²) >= 11 is 6.19. The fraction of sp³-hybridized carbons (Fsp3) is 0.593. The van der Waals surface area contributed by atoms with Crippen LogP contribution in [0, 0.1) is 13.8 Å². The second kappa shape index (κ2) is 11.0. The van der Waals surface area contributed by atoms with Crippen molar-refractivity contribution in [3.05, 3.63) is 52.8 Å². The Balaban J connectivity index is 1.20. The van der Waals surface area contributed by atoms with E-state index in [0.717, 1.165) is 37.0 Å². The highest BCUT2D eigenvalue weighted by Crippen LogP contribution is 2.40. The van der Waals surface area contributed by atoms with Crippen LogP contribution in [0.4, 0.5) is 0 Å². The number of fused-ring (bicyclic) bond motifs is 2. The van der Waals surface area contributed by atoms with Gasteiger partial charge in [-0.2, -0.15) is 8.61 Å². The van der Waals surface area contributed by atoms with E-state index in [2.05, 4.69) is 4.98 Å². The normalized spacial score (nSPS) is 26.6. The lowest BCUT2D eigenvalue weighted by molar-refractivity contribution is 0.0956. The number of rotatable bonds is 9. The van der Waals surface area contributed by atoms with Gasteiger partial charge in [0.2, 0.25) is 20.0 Å². The maximum atomic E-state index is 13.5. The highest BCUT2D eigenvalue weighted by molar-refractivity contribution is 7.89. The molecule has 2 aromatic rings. The smallest absolute Gasteiger partial charge is 0.243 e. The number of aryl methyl sites for hydroxylation is 2. The molecule has 2 bridgehead atoms. The van der Waals surface area contributed by atoms with E-state index in [-0.39, 0.29) is 34.9 Å². The van der Waals surface area contributed by atoms with Gasteiger partial charge >= 0.3 is 0 Å². The summed E-state index contributed by atoms with van der Waals surface area (Å²) < 4.78 is 63.4. The SMILES string of the molecule is Cc1cc(S(=O)(=O)N2CCC[C@H]2CCCS(=O)(=O)N2[C@@H]3CC[C@H]2CC(Oc2ccncc2)C3)c(C)cc1Cl. The zero-order chi connectivity index (χ0) is 27.1. The number of benzene rings is 1. The molecule has 11 heteroatoms. The molecule has 3 aliphatic rings. The summed E-state index contributed by atoms with van der Waals surface area (Å²) in [6, 6.07) is 6.72. The summed E-state index contributed by atoms with van der Waals surface area (Å²) in [5.41, 5.74) is 1.35. The van der Waals surface area contributed by atoms with Gasteiger partial charge in [-0.25, -0.2) is 16.8 Å². The van der Waals surface area contributed by atoms with Gasteiger partial charge in [0.25, 0.3) is 0 Å². The minimum Gasteiger partial charge on any atom is -0.490 e. The van der Waals surface area contributed by atoms with Crippen molar-refractivity contribution in [2.75, 3.05) is 12.3 Å². The van der Waals surface area contributed by atoms with E-state index in [9.17, 15) is 16.8 Å². The molecular weight excluding hydrogens is 546 g/mol. The number of hydrogen-bond donors (Lipinski definition) is 0. The molecule has 1 unspecified atom stereocenters. The molecule has 0 aliphatic carbocycles. The van der Waals surface area contributed by atoms with Crippen LogP contribution in [0.3, 0.4) is 0 Å². The van der Waals surface area contributed by atoms with E-state index < -0.39 is 20.0 Å². The van der Waals surface area contributed by atoms with Crippen LogP contribution in [-0.4, -0.2) is 67.0 Å². The lowest BCUT2D eigenvalue weighted by atomic mass is 10.0. The largest absolute Gasteiger partial charge is 0.490 e. The molecule has 38 heavy (non-hydrogen) atoms. The molecule has 0 saturated carbocycles. The molecule has 8 nitrogen and oxygen atoms in total. The Morgan fingerprint density at radius 3 is 2.37 bits per heavy atom. The average molecular weight is 582 g/mol. The molecule has 3 aliphatic heterocycles. The number of piperidine rings is 1. The van der Waals surface area contributed by atoms with E-state index in [1.165, 1.54) is 0 Å². The van der Waals surface area contributed by atoms with Crippen molar-refractivity contribution < 1.29 is 21.6 Å². The van der Waals surface area contributed by atoms with Crippen molar-refractivity contribution in [3.8, 4) is 5.75 Å². The van der Waals surface area contributed by atoms with Gasteiger partial charge in [0.15, 0.2) is 0 Å². The van der Waals surface area contributed by atoms with Crippen LogP contribution in [0.25, 0.3) is 0 Å². The molecular formula is C27H36ClN3O5S2. The molecule has 4 heterocycles. The molecule has 1 aromatic heterocycles. The summed E-state index contributed by atoms with van der Waals surface area (Å²) in [5, 5.41) is 0.548. The number of ether oxygens (including phenoxy) is 1. The molecule has 1 aromatic carbocycles. The third-order valence-electron chi connectivity index (χ3n) is 8.20. The second-order valence-electron chi connectivity index (χ2n) is 10.8. The summed E-state index contributed by atoms with van der Waals surface area (Å²) in [6.45, 7) is 4.01. The lowest BCUT2D eigenvalue weighted by Crippen LogP contribution is -2.50. The molecule has 0 radical (unpaired) electrons. The van der Waals surface area contributed by atoms with E-state index >= 15 is 0 Å². The molecule has 208 valence electrons. The maximum Gasteiger partial charge on any atom is 0.243 e. The van der Waals surface area contributed by atoms with E-state index in [0.29, 0.717) is 42.8 Å². The maximum absolute atomic E-state index is 13.5. The van der Waals surface area contributed by atoms with Crippen LogP contribution in [0.2, 0.25) is 5.02 Å². The summed E-state index contributed by atoms with van der Waals surface area (Å²) in [7, 11) is -7.13. The Morgan fingerprint density at radius 2 is 1.68 bits per heavy atom. The van der Waals surface area contributed by atoms with Gasteiger partial charge in [-0.1, -0.05) is 11.6 Å². The van der Waals surface area contributed by atoms with Crippen molar-refractivity contribution in [1.82, 2.24) is 13.6 Å². The lowest BCUT2D eigenvalue weighted by Gasteiger charge is -2.38. The molecule has 0 spiro atoms. The van der Waals surface area contributed by atoms with E-state index in [1.807, 2.05) is 12.1 Å². The monoisotopic (exact) mass is 581 g/mol. The zero-order valence-corrected chi connectivity index (χ0v) is 24.3. The van der Waals surface area contributed by atoms with Crippen molar-refractivity contribution in [1.29, 1.82) is 0 Å². The standard InChI is InChI=1S/C27H36ClN3O5S2/c1-19-16-27(20(2)15-26(19)28)38(34,35)30-13-3-5-21(30)6-4-14-37(32,33)31-22-7-8-23(31)18-25(17-22)36-24-9-11-29-12-10-24/h9-12,15-16,21-23,25H,3-8,13-14,17-18H2,1-2H3/t21-,22-,23+,25?/m0/s1. The van der Waals surface area contributed by atoms with Gasteiger partial charge in [0, 0.05) is 54.9 Å². The first-order valence-electron chi connectivity index (χ1n) is 13.4. The first-order valence-corrected chi connectivity index (χ1v) is 16.9. The van der Waals surface area contributed by atoms with Gasteiger partial charge in [-0.15, -0.1) is 0 Å². The van der Waals surface area contributed by atoms with E-state index in [1.54, 1.807) is 47.0 Å². The second-order valence-corrected chi connectivity index (χ2v) is 15.1. The Labute approximate surface area is 231 Å². The number of halogens is 1. The highest BCUT2D eigenvalue weighted by atomic mass is 35.5. The van der Waals surface area contributed by atoms with Crippen LogP contribution < -0.4 is 4.74 Å². The van der Waals surface area contributed by atoms with Crippen molar-refractivity contribution in [2.24, 2.45) is 0 Å². The topological polar surface area (TPSA) is 96.9 Å². The predicted octanol–water partition coefficient (Wildman–Crippen LogP) is 4.69. The predicted molar refractivity (Wildman–Crippen MR) is 147 cm³/mol. The van der Waals surface area contributed by atoms with Crippen LogP contribution in [0.5, 0.6) is 5.75 Å². The molecule has 3 fully saturated rings. The van der Waals surface area contributed by atoms with Gasteiger partial charge in [-0.05, 0) is 87.8 Å². The summed E-state index contributed by atoms with van der Waals surface area (Å²) in [4.78, 5) is 4.30. The Kier molecular flexibility index (Phi) is 8.09. The third-order valence-corrected chi connectivity index (χ3v) is 12.7. The van der Waals surface area contributed by atoms with Crippen molar-refractivity contribution in [3.63, 3.8) is 0 Å². The van der Waals surface area contributed by atoms with Gasteiger partial charge in [-0.3, -0.25) is 4.98 Å². The van der Waals surface area contributed by atoms with Gasteiger partial charge in [0.1, 0.15) is 11.9 Å². The zero-order valence-electron chi connectivity index (χ0n) is 21.9. The minimum atomic E-state index is -3.69. The molecule has 0 N–H and O–H groups in total. The first-order chi connectivity index (χ1) is 18.1. The average Bonchev–Trinajstić information content (AvgIpc) is 3.45. The Hall–Kier alpha value is -1.72. The van der Waals surface area contributed by atoms with Gasteiger partial charge in [0.05, 0.1) is 10.6 Å². The number of hydrogen-bond acceptors (Lipinski definition) is 6. The fourth-order valence-corrected chi connectivity index (χ4v) is 10.7. The first kappa shape index (κ1) is 27.8. The number of sulfonamides is 2. The number of aromatic nitrogens is 1. The fourth-order valence-electron chi connectivity index (χ4n) is 6.42. The Morgan fingerprint density at radius 1 is 1.00 bits per heavy atom. The van der Waals surface area contributed by atoms with Crippen LogP contribution >= 0.6 is 11.6 Å². The summed E-state index contributed by atoms with van der Waals surface area (Å²) in [6.07, 6.45) is 8.95.